The molecule has 0 unspecified atom stereocenters. The van der Waals surface area contributed by atoms with Crippen LogP contribution in [0.1, 0.15) is 63.5 Å². The Labute approximate surface area is 425 Å². The second-order valence-electron chi connectivity index (χ2n) is 18.7. The van der Waals surface area contributed by atoms with Gasteiger partial charge in [0.1, 0.15) is 52.7 Å². The number of hydrogen-bond acceptors (Lipinski definition) is 14. The van der Waals surface area contributed by atoms with Crippen molar-refractivity contribution in [1.29, 1.82) is 5.26 Å². The molecule has 12 rings (SSSR count). The van der Waals surface area contributed by atoms with Gasteiger partial charge in [0.05, 0.1) is 39.0 Å². The van der Waals surface area contributed by atoms with Crippen LogP contribution in [0.4, 0.5) is 0 Å². The fourth-order valence-electron chi connectivity index (χ4n) is 10.4. The Bertz CT molecular complexity index is 4090. The van der Waals surface area contributed by atoms with Crippen LogP contribution in [-0.2, 0) is 0 Å². The summed E-state index contributed by atoms with van der Waals surface area (Å²) in [5.41, 5.74) is 12.5. The van der Waals surface area contributed by atoms with E-state index in [1.165, 1.54) is 0 Å². The minimum Gasteiger partial charge on any atom is -0.309 e. The summed E-state index contributed by atoms with van der Waals surface area (Å²) in [6, 6.07) is 36.1. The van der Waals surface area contributed by atoms with E-state index in [-0.39, 0.29) is 0 Å². The minimum atomic E-state index is 0.459. The summed E-state index contributed by atoms with van der Waals surface area (Å²) in [5.74, 6) is 7.41. The van der Waals surface area contributed by atoms with Gasteiger partial charge in [0.15, 0.2) is 23.3 Å². The minimum absolute atomic E-state index is 0.459. The van der Waals surface area contributed by atoms with Crippen molar-refractivity contribution < 1.29 is 0 Å². The predicted octanol–water partition coefficient (Wildman–Crippen LogP) is 11.3. The molecule has 16 nitrogen and oxygen atoms in total. The normalized spacial score (nSPS) is 11.6. The summed E-state index contributed by atoms with van der Waals surface area (Å²) < 4.78 is 4.43. The molecule has 7 aromatic heterocycles. The highest BCUT2D eigenvalue weighted by Gasteiger charge is 2.25. The van der Waals surface area contributed by atoms with Gasteiger partial charge in [-0.3, -0.25) is 4.98 Å². The van der Waals surface area contributed by atoms with Crippen molar-refractivity contribution in [1.82, 2.24) is 73.9 Å². The molecule has 358 valence electrons. The fraction of sp³-hybridized carbons (Fsp3) is 0.172. The third-order valence-corrected chi connectivity index (χ3v) is 13.1. The summed E-state index contributed by atoms with van der Waals surface area (Å²) >= 11 is 0. The maximum absolute atomic E-state index is 11.5. The Morgan fingerprint density at radius 3 is 0.905 bits per heavy atom. The van der Waals surface area contributed by atoms with E-state index in [0.29, 0.717) is 81.1 Å². The Hall–Kier alpha value is -9.62. The van der Waals surface area contributed by atoms with Crippen molar-refractivity contribution in [2.45, 2.75) is 69.2 Å². The first-order chi connectivity index (χ1) is 35.6. The molecule has 0 bridgehead atoms. The Kier molecular flexibility index (Phi) is 10.6. The molecule has 7 heterocycles. The van der Waals surface area contributed by atoms with Crippen LogP contribution >= 0.6 is 0 Å². The quantitative estimate of drug-likeness (QED) is 0.146. The van der Waals surface area contributed by atoms with Gasteiger partial charge in [0, 0.05) is 60.8 Å². The van der Waals surface area contributed by atoms with Gasteiger partial charge in [-0.1, -0.05) is 0 Å². The molecule has 0 saturated heterocycles. The van der Waals surface area contributed by atoms with Crippen LogP contribution in [0.2, 0.25) is 0 Å². The van der Waals surface area contributed by atoms with Crippen molar-refractivity contribution in [3.63, 3.8) is 0 Å². The molecule has 5 aromatic carbocycles. The Morgan fingerprint density at radius 2 is 0.608 bits per heavy atom. The van der Waals surface area contributed by atoms with E-state index in [4.69, 9.17) is 44.9 Å². The number of benzene rings is 5. The van der Waals surface area contributed by atoms with Gasteiger partial charge in [-0.15, -0.1) is 0 Å². The van der Waals surface area contributed by atoms with Crippen molar-refractivity contribution >= 4 is 43.6 Å². The number of nitriles is 1. The van der Waals surface area contributed by atoms with E-state index in [2.05, 4.69) is 102 Å². The van der Waals surface area contributed by atoms with Gasteiger partial charge < -0.3 is 9.13 Å². The van der Waals surface area contributed by atoms with Crippen LogP contribution in [0, 0.1) is 80.6 Å². The van der Waals surface area contributed by atoms with Crippen LogP contribution in [0.25, 0.3) is 112 Å². The molecular weight excluding hydrogens is 921 g/mol. The third-order valence-electron chi connectivity index (χ3n) is 13.1. The summed E-state index contributed by atoms with van der Waals surface area (Å²) in [6.45, 7) is 19.0. The van der Waals surface area contributed by atoms with Crippen molar-refractivity contribution in [2.24, 2.45) is 0 Å². The molecule has 0 aliphatic carbocycles. The van der Waals surface area contributed by atoms with Crippen LogP contribution < -0.4 is 0 Å². The van der Waals surface area contributed by atoms with Gasteiger partial charge in [-0.25, -0.2) is 59.8 Å². The van der Waals surface area contributed by atoms with Crippen LogP contribution in [-0.4, -0.2) is 73.9 Å². The molecule has 12 aromatic rings. The third kappa shape index (κ3) is 7.91. The summed E-state index contributed by atoms with van der Waals surface area (Å²) in [6.07, 6.45) is 0. The summed E-state index contributed by atoms with van der Waals surface area (Å²) in [7, 11) is 0. The molecule has 0 spiro atoms. The first kappa shape index (κ1) is 45.5. The summed E-state index contributed by atoms with van der Waals surface area (Å²) in [4.78, 5) is 60.5. The highest BCUT2D eigenvalue weighted by Crippen LogP contribution is 2.43. The average Bonchev–Trinajstić information content (AvgIpc) is 3.88. The number of pyridine rings is 1. The number of fused-ring (bicyclic) bond motifs is 6. The lowest BCUT2D eigenvalue weighted by Crippen LogP contribution is -2.04. The highest BCUT2D eigenvalue weighted by atomic mass is 15.1. The number of nitrogens with zero attached hydrogens (tertiary/aromatic N) is 16. The van der Waals surface area contributed by atoms with E-state index >= 15 is 0 Å². The SMILES string of the molecule is Cc1cc(-c2cc(-n3c4ccc(-c5nc(C)nc(C)n5)cc4c4cc(-c5nc(C)nc(C)n5)ccc43)c(C#N)cc2-n2c3ccc(-c4nc(C)nc(C)n4)cc3c3cc(-c4nc(C)nc(C)n4)ccc32)cc(C)n1. The maximum atomic E-state index is 11.5. The second-order valence-corrected chi connectivity index (χ2v) is 18.7. The fourth-order valence-corrected chi connectivity index (χ4v) is 10.4. The van der Waals surface area contributed by atoms with E-state index in [0.717, 1.165) is 94.1 Å². The number of rotatable bonds is 7. The van der Waals surface area contributed by atoms with E-state index in [1.807, 2.05) is 99.6 Å². The molecule has 74 heavy (non-hydrogen) atoms. The lowest BCUT2D eigenvalue weighted by Gasteiger charge is -2.19. The van der Waals surface area contributed by atoms with Gasteiger partial charge in [-0.05, 0) is 172 Å². The van der Waals surface area contributed by atoms with Crippen LogP contribution in [0.5, 0.6) is 0 Å². The van der Waals surface area contributed by atoms with Gasteiger partial charge in [0.25, 0.3) is 0 Å². The molecule has 0 aliphatic rings. The van der Waals surface area contributed by atoms with Crippen LogP contribution in [0.3, 0.4) is 0 Å². The Balaban J connectivity index is 1.16. The molecule has 0 atom stereocenters. The Morgan fingerprint density at radius 1 is 0.311 bits per heavy atom. The first-order valence-corrected chi connectivity index (χ1v) is 24.1. The summed E-state index contributed by atoms with van der Waals surface area (Å²) in [5, 5.41) is 15.3. The highest BCUT2D eigenvalue weighted by molar-refractivity contribution is 6.13. The molecule has 0 fully saturated rings. The second kappa shape index (κ2) is 17.3. The number of aromatic nitrogens is 15. The van der Waals surface area contributed by atoms with Crippen LogP contribution in [0.15, 0.2) is 97.1 Å². The van der Waals surface area contributed by atoms with Gasteiger partial charge >= 0.3 is 0 Å². The standard InChI is InChI=1S/C58H46N16/c1-28-19-42(20-29(2)60-28)44-26-53(73-49-15-11-38(55-65-30(3)61-31(4)66-55)21-45(49)46-22-39(12-16-50(46)73)56-67-32(5)62-33(6)68-56)43(27-59)25-54(44)74-51-17-13-40(57-69-34(7)63-35(8)70-57)23-47(51)48-24-41(14-18-52(48)74)58-71-36(9)64-37(10)72-58/h11-26H,1-10H3. The van der Waals surface area contributed by atoms with Gasteiger partial charge in [0.2, 0.25) is 0 Å². The molecular formula is C58H46N16. The number of aryl methyl sites for hydroxylation is 10. The topological polar surface area (TPSA) is 201 Å². The molecule has 0 amide bonds. The average molecular weight is 967 g/mol. The smallest absolute Gasteiger partial charge is 0.163 e. The van der Waals surface area contributed by atoms with Gasteiger partial charge in [-0.2, -0.15) is 5.26 Å². The monoisotopic (exact) mass is 966 g/mol. The molecule has 0 aliphatic heterocycles. The molecule has 0 radical (unpaired) electrons. The molecule has 0 saturated carbocycles. The molecule has 16 heteroatoms. The predicted molar refractivity (Wildman–Crippen MR) is 286 cm³/mol. The first-order valence-electron chi connectivity index (χ1n) is 24.1. The van der Waals surface area contributed by atoms with E-state index in [1.54, 1.807) is 0 Å². The zero-order valence-electron chi connectivity index (χ0n) is 42.4. The van der Waals surface area contributed by atoms with Crippen molar-refractivity contribution in [3.05, 3.63) is 161 Å². The van der Waals surface area contributed by atoms with Crippen molar-refractivity contribution in [2.75, 3.05) is 0 Å². The zero-order valence-corrected chi connectivity index (χ0v) is 42.4. The van der Waals surface area contributed by atoms with E-state index < -0.39 is 0 Å². The zero-order chi connectivity index (χ0) is 51.3. The van der Waals surface area contributed by atoms with Crippen molar-refractivity contribution in [3.8, 4) is 74.1 Å². The lowest BCUT2D eigenvalue weighted by molar-refractivity contribution is 0.928. The molecule has 0 N–H and O–H groups in total. The largest absolute Gasteiger partial charge is 0.309 e. The lowest BCUT2D eigenvalue weighted by atomic mass is 9.98. The van der Waals surface area contributed by atoms with E-state index in [9.17, 15) is 5.26 Å². The number of hydrogen-bond donors (Lipinski definition) is 0. The maximum Gasteiger partial charge on any atom is 0.163 e.